The summed E-state index contributed by atoms with van der Waals surface area (Å²) in [4.78, 5) is 0. The molecule has 80 valence electrons. The Morgan fingerprint density at radius 2 is 1.73 bits per heavy atom. The predicted molar refractivity (Wildman–Crippen MR) is 47.2 cm³/mol. The van der Waals surface area contributed by atoms with Crippen molar-refractivity contribution in [2.24, 2.45) is 0 Å². The lowest BCUT2D eigenvalue weighted by Crippen LogP contribution is -2.07. The van der Waals surface area contributed by atoms with Gasteiger partial charge in [-0.15, -0.1) is 0 Å². The van der Waals surface area contributed by atoms with Gasteiger partial charge in [-0.25, -0.2) is 0 Å². The monoisotopic (exact) mass is 214 g/mol. The summed E-state index contributed by atoms with van der Waals surface area (Å²) in [5.74, 6) is 0. The Bertz CT molecular complexity index is 411. The van der Waals surface area contributed by atoms with Gasteiger partial charge in [-0.1, -0.05) is 6.07 Å². The van der Waals surface area contributed by atoms with Crippen LogP contribution in [-0.2, 0) is 10.9 Å². The van der Waals surface area contributed by atoms with Crippen molar-refractivity contribution in [1.82, 2.24) is 0 Å². The lowest BCUT2D eigenvalue weighted by Gasteiger charge is -2.14. The summed E-state index contributed by atoms with van der Waals surface area (Å²) in [6, 6.07) is 3.93. The molecule has 0 aliphatic carbocycles. The van der Waals surface area contributed by atoms with Crippen molar-refractivity contribution < 1.29 is 17.9 Å². The summed E-state index contributed by atoms with van der Waals surface area (Å²) in [6.45, 7) is 0. The van der Waals surface area contributed by atoms with Crippen LogP contribution in [0.25, 0.3) is 0 Å². The van der Waals surface area contributed by atoms with E-state index in [1.807, 2.05) is 0 Å². The van der Waals surface area contributed by atoms with Crippen molar-refractivity contribution in [3.8, 4) is 0 Å². The molecule has 3 rings (SSSR count). The predicted octanol–water partition coefficient (Wildman–Crippen LogP) is 3.61. The lowest BCUT2D eigenvalue weighted by atomic mass is 9.90. The maximum Gasteiger partial charge on any atom is 0.416 e. The van der Waals surface area contributed by atoms with Gasteiger partial charge in [0.05, 0.1) is 17.8 Å². The van der Waals surface area contributed by atoms with Gasteiger partial charge in [-0.2, -0.15) is 13.2 Å². The van der Waals surface area contributed by atoms with E-state index in [0.29, 0.717) is 0 Å². The summed E-state index contributed by atoms with van der Waals surface area (Å²) in [6.07, 6.45) is -2.54. The number of alkyl halides is 3. The largest absolute Gasteiger partial charge is 0.416 e. The summed E-state index contributed by atoms with van der Waals surface area (Å²) >= 11 is 0. The highest BCUT2D eigenvalue weighted by molar-refractivity contribution is 5.40. The molecule has 15 heavy (non-hydrogen) atoms. The minimum Gasteiger partial charge on any atom is -0.366 e. The number of benzene rings is 1. The molecule has 1 aromatic rings. The van der Waals surface area contributed by atoms with Gasteiger partial charge in [-0.3, -0.25) is 0 Å². The fourth-order valence-corrected chi connectivity index (χ4v) is 2.42. The molecule has 1 fully saturated rings. The molecule has 0 aromatic heterocycles. The second-order valence-corrected chi connectivity index (χ2v) is 4.03. The van der Waals surface area contributed by atoms with E-state index in [2.05, 4.69) is 0 Å². The Morgan fingerprint density at radius 1 is 1.07 bits per heavy atom. The van der Waals surface area contributed by atoms with Crippen LogP contribution in [-0.4, -0.2) is 0 Å². The minimum absolute atomic E-state index is 0.0345. The SMILES string of the molecule is FC(F)(F)c1ccc2c(c1)C1CCC2O1. The Morgan fingerprint density at radius 3 is 2.40 bits per heavy atom. The van der Waals surface area contributed by atoms with E-state index in [9.17, 15) is 13.2 Å². The number of hydrogen-bond donors (Lipinski definition) is 0. The van der Waals surface area contributed by atoms with Crippen LogP contribution in [0.5, 0.6) is 0 Å². The van der Waals surface area contributed by atoms with E-state index in [1.54, 1.807) is 6.07 Å². The average molecular weight is 214 g/mol. The Balaban J connectivity index is 2.08. The summed E-state index contributed by atoms with van der Waals surface area (Å²) < 4.78 is 42.9. The molecule has 2 bridgehead atoms. The van der Waals surface area contributed by atoms with E-state index in [4.69, 9.17) is 4.74 Å². The molecule has 2 heterocycles. The number of hydrogen-bond acceptors (Lipinski definition) is 1. The van der Waals surface area contributed by atoms with Crippen molar-refractivity contribution in [3.63, 3.8) is 0 Å². The van der Waals surface area contributed by atoms with Gasteiger partial charge in [0.2, 0.25) is 0 Å². The molecule has 2 unspecified atom stereocenters. The van der Waals surface area contributed by atoms with Crippen LogP contribution in [0.15, 0.2) is 18.2 Å². The first-order valence-corrected chi connectivity index (χ1v) is 4.92. The molecule has 0 radical (unpaired) electrons. The van der Waals surface area contributed by atoms with Crippen LogP contribution in [0.1, 0.15) is 41.7 Å². The van der Waals surface area contributed by atoms with Crippen molar-refractivity contribution in [2.75, 3.05) is 0 Å². The molecule has 0 spiro atoms. The van der Waals surface area contributed by atoms with E-state index >= 15 is 0 Å². The first-order valence-electron chi connectivity index (χ1n) is 4.92. The third-order valence-electron chi connectivity index (χ3n) is 3.13. The molecule has 0 N–H and O–H groups in total. The maximum absolute atomic E-state index is 12.5. The number of ether oxygens (including phenoxy) is 1. The lowest BCUT2D eigenvalue weighted by molar-refractivity contribution is -0.137. The molecular weight excluding hydrogens is 205 g/mol. The van der Waals surface area contributed by atoms with Crippen LogP contribution >= 0.6 is 0 Å². The number of halogens is 3. The summed E-state index contributed by atoms with van der Waals surface area (Å²) in [5.41, 5.74) is 1.11. The Labute approximate surface area is 84.9 Å². The van der Waals surface area contributed by atoms with E-state index < -0.39 is 11.7 Å². The van der Waals surface area contributed by atoms with Crippen LogP contribution < -0.4 is 0 Å². The summed E-state index contributed by atoms with van der Waals surface area (Å²) in [5, 5.41) is 0. The fraction of sp³-hybridized carbons (Fsp3) is 0.455. The smallest absolute Gasteiger partial charge is 0.366 e. The molecule has 0 amide bonds. The molecule has 1 saturated heterocycles. The third kappa shape index (κ3) is 1.28. The highest BCUT2D eigenvalue weighted by atomic mass is 19.4. The van der Waals surface area contributed by atoms with Gasteiger partial charge >= 0.3 is 6.18 Å². The van der Waals surface area contributed by atoms with Gasteiger partial charge in [0.1, 0.15) is 0 Å². The van der Waals surface area contributed by atoms with Gasteiger partial charge < -0.3 is 4.74 Å². The van der Waals surface area contributed by atoms with Crippen LogP contribution in [0.2, 0.25) is 0 Å². The van der Waals surface area contributed by atoms with Crippen molar-refractivity contribution in [3.05, 3.63) is 34.9 Å². The van der Waals surface area contributed by atoms with E-state index in [0.717, 1.165) is 30.0 Å². The van der Waals surface area contributed by atoms with E-state index in [1.165, 1.54) is 6.07 Å². The van der Waals surface area contributed by atoms with Crippen LogP contribution in [0, 0.1) is 0 Å². The average Bonchev–Trinajstić information content (AvgIpc) is 2.76. The first-order chi connectivity index (χ1) is 7.05. The van der Waals surface area contributed by atoms with Crippen molar-refractivity contribution in [2.45, 2.75) is 31.2 Å². The summed E-state index contributed by atoms with van der Waals surface area (Å²) in [7, 11) is 0. The fourth-order valence-electron chi connectivity index (χ4n) is 2.42. The standard InChI is InChI=1S/C11H9F3O/c12-11(13,14)6-1-2-7-8(5-6)10-4-3-9(7)15-10/h1-2,5,9-10H,3-4H2. The van der Waals surface area contributed by atoms with Gasteiger partial charge in [0.25, 0.3) is 0 Å². The zero-order valence-electron chi connectivity index (χ0n) is 7.84. The molecule has 1 nitrogen and oxygen atoms in total. The zero-order valence-corrected chi connectivity index (χ0v) is 7.84. The molecular formula is C11H9F3O. The quantitative estimate of drug-likeness (QED) is 0.641. The van der Waals surface area contributed by atoms with Crippen molar-refractivity contribution >= 4 is 0 Å². The topological polar surface area (TPSA) is 9.23 Å². The van der Waals surface area contributed by atoms with Crippen LogP contribution in [0.3, 0.4) is 0 Å². The highest BCUT2D eigenvalue weighted by Crippen LogP contribution is 2.51. The third-order valence-corrected chi connectivity index (χ3v) is 3.13. The van der Waals surface area contributed by atoms with Gasteiger partial charge in [0, 0.05) is 0 Å². The number of rotatable bonds is 0. The molecule has 2 aliphatic heterocycles. The first kappa shape index (κ1) is 9.21. The second kappa shape index (κ2) is 2.76. The van der Waals surface area contributed by atoms with Crippen LogP contribution in [0.4, 0.5) is 13.2 Å². The Kier molecular flexibility index (Phi) is 1.69. The van der Waals surface area contributed by atoms with E-state index in [-0.39, 0.29) is 12.2 Å². The number of fused-ring (bicyclic) bond motifs is 5. The normalized spacial score (nSPS) is 28.2. The Hall–Kier alpha value is -1.03. The van der Waals surface area contributed by atoms with Crippen molar-refractivity contribution in [1.29, 1.82) is 0 Å². The molecule has 1 aromatic carbocycles. The molecule has 2 aliphatic rings. The molecule has 4 heteroatoms. The second-order valence-electron chi connectivity index (χ2n) is 4.03. The molecule has 0 saturated carbocycles. The molecule has 2 atom stereocenters. The van der Waals surface area contributed by atoms with Gasteiger partial charge in [0.15, 0.2) is 0 Å². The highest BCUT2D eigenvalue weighted by Gasteiger charge is 2.40. The minimum atomic E-state index is -4.25. The zero-order chi connectivity index (χ0) is 10.6. The van der Waals surface area contributed by atoms with Gasteiger partial charge in [-0.05, 0) is 36.1 Å². The maximum atomic E-state index is 12.5.